The number of allylic oxidation sites excluding steroid dienone is 1. The minimum absolute atomic E-state index is 0.323. The average molecular weight is 172 g/mol. The summed E-state index contributed by atoms with van der Waals surface area (Å²) in [6.07, 6.45) is 4.72. The Hall–Kier alpha value is -1.37. The lowest BCUT2D eigenvalue weighted by Crippen LogP contribution is -1.90. The monoisotopic (exact) mass is 172 g/mol. The molecule has 0 N–H and O–H groups in total. The van der Waals surface area contributed by atoms with Crippen LogP contribution in [0.2, 0.25) is 0 Å². The van der Waals surface area contributed by atoms with Gasteiger partial charge in [-0.1, -0.05) is 30.3 Å². The minimum Gasteiger partial charge on any atom is -0.295 e. The largest absolute Gasteiger partial charge is 0.295 e. The fourth-order valence-corrected chi connectivity index (χ4v) is 1.64. The molecule has 1 fully saturated rings. The van der Waals surface area contributed by atoms with Crippen molar-refractivity contribution in [2.75, 3.05) is 0 Å². The van der Waals surface area contributed by atoms with Crippen molar-refractivity contribution in [1.29, 1.82) is 0 Å². The molecule has 1 saturated carbocycles. The first-order valence-electron chi connectivity index (χ1n) is 4.65. The van der Waals surface area contributed by atoms with E-state index >= 15 is 0 Å². The summed E-state index contributed by atoms with van der Waals surface area (Å²) in [6.45, 7) is 0. The molecular formula is C12H12O. The van der Waals surface area contributed by atoms with Crippen molar-refractivity contribution in [3.63, 3.8) is 0 Å². The van der Waals surface area contributed by atoms with Gasteiger partial charge in [0.15, 0.2) is 5.78 Å². The Labute approximate surface area is 78.1 Å². The molecule has 2 rings (SSSR count). The van der Waals surface area contributed by atoms with Crippen LogP contribution in [0.25, 0.3) is 6.08 Å². The van der Waals surface area contributed by atoms with Crippen molar-refractivity contribution in [2.45, 2.75) is 19.3 Å². The van der Waals surface area contributed by atoms with Crippen LogP contribution in [0.4, 0.5) is 0 Å². The van der Waals surface area contributed by atoms with Crippen molar-refractivity contribution in [3.05, 3.63) is 41.5 Å². The van der Waals surface area contributed by atoms with Gasteiger partial charge in [-0.2, -0.15) is 0 Å². The fourth-order valence-electron chi connectivity index (χ4n) is 1.64. The second-order valence-corrected chi connectivity index (χ2v) is 3.36. The third-order valence-electron chi connectivity index (χ3n) is 2.35. The maximum atomic E-state index is 11.3. The molecule has 1 nitrogen and oxygen atoms in total. The van der Waals surface area contributed by atoms with E-state index in [-0.39, 0.29) is 0 Å². The zero-order valence-electron chi connectivity index (χ0n) is 7.49. The van der Waals surface area contributed by atoms with Gasteiger partial charge in [-0.15, -0.1) is 0 Å². The van der Waals surface area contributed by atoms with Crippen molar-refractivity contribution in [2.24, 2.45) is 0 Å². The lowest BCUT2D eigenvalue weighted by molar-refractivity contribution is -0.114. The predicted molar refractivity (Wildman–Crippen MR) is 53.3 cm³/mol. The standard InChI is InChI=1S/C12H12O/c13-12-8-4-7-11(12)9-10-5-2-1-3-6-10/h1-3,5-6,9H,4,7-8H2/b11-9-. The average Bonchev–Trinajstić information content (AvgIpc) is 2.54. The number of benzene rings is 1. The Balaban J connectivity index is 2.25. The molecule has 0 bridgehead atoms. The molecule has 0 amide bonds. The minimum atomic E-state index is 0.323. The highest BCUT2D eigenvalue weighted by Crippen LogP contribution is 2.22. The highest BCUT2D eigenvalue weighted by Gasteiger charge is 2.16. The number of carbonyl (C=O) groups is 1. The van der Waals surface area contributed by atoms with Gasteiger partial charge in [0.25, 0.3) is 0 Å². The smallest absolute Gasteiger partial charge is 0.158 e. The molecule has 0 spiro atoms. The SMILES string of the molecule is O=C1CCC/C1=C/c1ccccc1. The molecule has 1 aromatic rings. The van der Waals surface area contributed by atoms with E-state index in [1.54, 1.807) is 0 Å². The van der Waals surface area contributed by atoms with E-state index in [1.165, 1.54) is 0 Å². The van der Waals surface area contributed by atoms with Crippen LogP contribution in [0.5, 0.6) is 0 Å². The molecule has 1 heteroatoms. The van der Waals surface area contributed by atoms with Gasteiger partial charge in [-0.25, -0.2) is 0 Å². The summed E-state index contributed by atoms with van der Waals surface area (Å²) in [5, 5.41) is 0. The number of carbonyl (C=O) groups excluding carboxylic acids is 1. The van der Waals surface area contributed by atoms with E-state index in [1.807, 2.05) is 36.4 Å². The molecule has 0 aliphatic heterocycles. The van der Waals surface area contributed by atoms with E-state index < -0.39 is 0 Å². The molecule has 1 aliphatic rings. The first-order chi connectivity index (χ1) is 6.36. The number of Topliss-reactive ketones (excluding diaryl/α,β-unsaturated/α-hetero) is 1. The van der Waals surface area contributed by atoms with Gasteiger partial charge in [0.05, 0.1) is 0 Å². The van der Waals surface area contributed by atoms with Gasteiger partial charge in [0, 0.05) is 6.42 Å². The Kier molecular flexibility index (Phi) is 2.26. The van der Waals surface area contributed by atoms with E-state index in [0.29, 0.717) is 5.78 Å². The summed E-state index contributed by atoms with van der Waals surface area (Å²) in [5.41, 5.74) is 2.12. The molecule has 0 saturated heterocycles. The zero-order chi connectivity index (χ0) is 9.10. The van der Waals surface area contributed by atoms with Crippen LogP contribution in [-0.4, -0.2) is 5.78 Å². The third-order valence-corrected chi connectivity index (χ3v) is 2.35. The molecular weight excluding hydrogens is 160 g/mol. The first-order valence-corrected chi connectivity index (χ1v) is 4.65. The lowest BCUT2D eigenvalue weighted by atomic mass is 10.1. The van der Waals surface area contributed by atoms with E-state index in [2.05, 4.69) is 0 Å². The molecule has 13 heavy (non-hydrogen) atoms. The molecule has 0 unspecified atom stereocenters. The van der Waals surface area contributed by atoms with Crippen LogP contribution in [0, 0.1) is 0 Å². The maximum Gasteiger partial charge on any atom is 0.158 e. The molecule has 0 radical (unpaired) electrons. The first kappa shape index (κ1) is 8.24. The zero-order valence-corrected chi connectivity index (χ0v) is 7.49. The van der Waals surface area contributed by atoms with E-state index in [9.17, 15) is 4.79 Å². The summed E-state index contributed by atoms with van der Waals surface area (Å²) in [6, 6.07) is 10.0. The van der Waals surface area contributed by atoms with Crippen molar-refractivity contribution in [1.82, 2.24) is 0 Å². The summed E-state index contributed by atoms with van der Waals surface area (Å²) in [5.74, 6) is 0.323. The van der Waals surface area contributed by atoms with Crippen molar-refractivity contribution in [3.8, 4) is 0 Å². The van der Waals surface area contributed by atoms with Gasteiger partial charge in [0.1, 0.15) is 0 Å². The normalized spacial score (nSPS) is 19.7. The number of hydrogen-bond acceptors (Lipinski definition) is 1. The number of hydrogen-bond donors (Lipinski definition) is 0. The maximum absolute atomic E-state index is 11.3. The van der Waals surface area contributed by atoms with Crippen molar-refractivity contribution < 1.29 is 4.79 Å². The van der Waals surface area contributed by atoms with Crippen LogP contribution in [0.15, 0.2) is 35.9 Å². The van der Waals surface area contributed by atoms with Gasteiger partial charge in [0.2, 0.25) is 0 Å². The highest BCUT2D eigenvalue weighted by atomic mass is 16.1. The molecule has 0 aromatic heterocycles. The molecule has 0 atom stereocenters. The second kappa shape index (κ2) is 3.56. The topological polar surface area (TPSA) is 17.1 Å². The Bertz CT molecular complexity index is 335. The van der Waals surface area contributed by atoms with E-state index in [4.69, 9.17) is 0 Å². The molecule has 1 aliphatic carbocycles. The highest BCUT2D eigenvalue weighted by molar-refractivity contribution is 6.01. The van der Waals surface area contributed by atoms with Gasteiger partial charge in [-0.3, -0.25) is 4.79 Å². The second-order valence-electron chi connectivity index (χ2n) is 3.36. The Morgan fingerprint density at radius 1 is 1.08 bits per heavy atom. The lowest BCUT2D eigenvalue weighted by Gasteiger charge is -1.94. The van der Waals surface area contributed by atoms with Crippen LogP contribution in [0.1, 0.15) is 24.8 Å². The van der Waals surface area contributed by atoms with Crippen LogP contribution in [-0.2, 0) is 4.79 Å². The van der Waals surface area contributed by atoms with Crippen LogP contribution in [0.3, 0.4) is 0 Å². The van der Waals surface area contributed by atoms with Gasteiger partial charge in [-0.05, 0) is 30.1 Å². The number of rotatable bonds is 1. The quantitative estimate of drug-likeness (QED) is 0.595. The third kappa shape index (κ3) is 1.86. The summed E-state index contributed by atoms with van der Waals surface area (Å²) in [7, 11) is 0. The van der Waals surface area contributed by atoms with Crippen LogP contribution < -0.4 is 0 Å². The summed E-state index contributed by atoms with van der Waals surface area (Å²) < 4.78 is 0. The molecule has 66 valence electrons. The summed E-state index contributed by atoms with van der Waals surface area (Å²) >= 11 is 0. The van der Waals surface area contributed by atoms with Gasteiger partial charge >= 0.3 is 0 Å². The van der Waals surface area contributed by atoms with Crippen LogP contribution >= 0.6 is 0 Å². The fraction of sp³-hybridized carbons (Fsp3) is 0.250. The van der Waals surface area contributed by atoms with Crippen molar-refractivity contribution >= 4 is 11.9 Å². The van der Waals surface area contributed by atoms with Gasteiger partial charge < -0.3 is 0 Å². The predicted octanol–water partition coefficient (Wildman–Crippen LogP) is 2.82. The molecule has 0 heterocycles. The Morgan fingerprint density at radius 3 is 2.46 bits per heavy atom. The summed E-state index contributed by atoms with van der Waals surface area (Å²) in [4.78, 5) is 11.3. The Morgan fingerprint density at radius 2 is 1.85 bits per heavy atom. The molecule has 1 aromatic carbocycles. The van der Waals surface area contributed by atoms with E-state index in [0.717, 1.165) is 30.4 Å². The number of ketones is 1.